The van der Waals surface area contributed by atoms with Crippen molar-refractivity contribution in [1.29, 1.82) is 0 Å². The molecule has 1 unspecified atom stereocenters. The number of unbranched alkanes of at least 4 members (excludes halogenated alkanes) is 19. The van der Waals surface area contributed by atoms with Crippen molar-refractivity contribution in [1.82, 2.24) is 0 Å². The Kier molecular flexibility index (Phi) is 41.5. The standard InChI is InChI=1S/C49H84O6/c1-4-7-10-13-15-17-19-21-22-23-24-25-26-28-29-31-33-36-39-42-48(51)54-45-46(44-53-47(50)41-38-35-12-9-6-3)55-49(52)43-40-37-34-32-30-27-20-18-16-14-11-8-5-2/h8,11,15-18,21-22,27,30,46H,4-7,9-10,12-14,19-20,23-26,28-29,31-45H2,1-3H3/b11-8-,17-15-,18-16-,22-21-,30-27-. The molecule has 6 heteroatoms. The van der Waals surface area contributed by atoms with Crippen molar-refractivity contribution < 1.29 is 28.6 Å². The summed E-state index contributed by atoms with van der Waals surface area (Å²) in [6, 6.07) is 0. The number of carbonyl (C=O) groups excluding carboxylic acids is 3. The van der Waals surface area contributed by atoms with Crippen molar-refractivity contribution in [3.05, 3.63) is 60.8 Å². The smallest absolute Gasteiger partial charge is 0.306 e. The first kappa shape index (κ1) is 52.1. The summed E-state index contributed by atoms with van der Waals surface area (Å²) in [5, 5.41) is 0. The van der Waals surface area contributed by atoms with Gasteiger partial charge >= 0.3 is 17.9 Å². The van der Waals surface area contributed by atoms with Crippen LogP contribution in [0, 0.1) is 0 Å². The molecule has 316 valence electrons. The molecule has 0 aliphatic carbocycles. The van der Waals surface area contributed by atoms with E-state index >= 15 is 0 Å². The van der Waals surface area contributed by atoms with E-state index in [9.17, 15) is 14.4 Å². The predicted molar refractivity (Wildman–Crippen MR) is 233 cm³/mol. The molecule has 0 spiro atoms. The first-order valence-corrected chi connectivity index (χ1v) is 22.8. The molecular formula is C49H84O6. The van der Waals surface area contributed by atoms with Crippen LogP contribution in [0.25, 0.3) is 0 Å². The SMILES string of the molecule is CC/C=C\C/C=C\C/C=C\CCCCCC(=O)OC(COC(=O)CCCCCCC)COC(=O)CCCCCCCCCCC/C=C\C/C=C\CCCCC. The molecule has 0 heterocycles. The Hall–Kier alpha value is -2.89. The van der Waals surface area contributed by atoms with Gasteiger partial charge in [-0.1, -0.05) is 171 Å². The molecule has 0 amide bonds. The van der Waals surface area contributed by atoms with Crippen molar-refractivity contribution in [2.24, 2.45) is 0 Å². The molecule has 0 radical (unpaired) electrons. The Labute approximate surface area is 339 Å². The quantitative estimate of drug-likeness (QED) is 0.0267. The lowest BCUT2D eigenvalue weighted by atomic mass is 10.1. The van der Waals surface area contributed by atoms with Gasteiger partial charge in [0, 0.05) is 19.3 Å². The van der Waals surface area contributed by atoms with Crippen LogP contribution in [-0.2, 0) is 28.6 Å². The highest BCUT2D eigenvalue weighted by Gasteiger charge is 2.19. The maximum atomic E-state index is 12.6. The van der Waals surface area contributed by atoms with E-state index in [-0.39, 0.29) is 31.1 Å². The summed E-state index contributed by atoms with van der Waals surface area (Å²) in [5.74, 6) is -0.940. The normalized spacial score (nSPS) is 12.6. The monoisotopic (exact) mass is 769 g/mol. The Morgan fingerprint density at radius 2 is 0.709 bits per heavy atom. The zero-order chi connectivity index (χ0) is 40.1. The van der Waals surface area contributed by atoms with Gasteiger partial charge in [0.25, 0.3) is 0 Å². The molecule has 0 aromatic heterocycles. The summed E-state index contributed by atoms with van der Waals surface area (Å²) < 4.78 is 16.6. The van der Waals surface area contributed by atoms with Gasteiger partial charge in [-0.3, -0.25) is 14.4 Å². The largest absolute Gasteiger partial charge is 0.462 e. The van der Waals surface area contributed by atoms with E-state index in [1.807, 2.05) is 0 Å². The molecule has 0 rings (SSSR count). The lowest BCUT2D eigenvalue weighted by Gasteiger charge is -2.18. The van der Waals surface area contributed by atoms with Crippen LogP contribution < -0.4 is 0 Å². The Bertz CT molecular complexity index is 1020. The molecule has 0 N–H and O–H groups in total. The highest BCUT2D eigenvalue weighted by Crippen LogP contribution is 2.13. The number of hydrogen-bond donors (Lipinski definition) is 0. The predicted octanol–water partition coefficient (Wildman–Crippen LogP) is 14.5. The fourth-order valence-corrected chi connectivity index (χ4v) is 6.07. The van der Waals surface area contributed by atoms with Crippen LogP contribution in [0.2, 0.25) is 0 Å². The topological polar surface area (TPSA) is 78.9 Å². The Morgan fingerprint density at radius 1 is 0.382 bits per heavy atom. The minimum absolute atomic E-state index is 0.0888. The van der Waals surface area contributed by atoms with Crippen LogP contribution in [0.5, 0.6) is 0 Å². The van der Waals surface area contributed by atoms with Crippen molar-refractivity contribution in [3.63, 3.8) is 0 Å². The highest BCUT2D eigenvalue weighted by molar-refractivity contribution is 5.71. The molecule has 0 saturated carbocycles. The van der Waals surface area contributed by atoms with E-state index < -0.39 is 6.10 Å². The second-order valence-electron chi connectivity index (χ2n) is 14.9. The minimum Gasteiger partial charge on any atom is -0.462 e. The first-order valence-electron chi connectivity index (χ1n) is 22.8. The number of ether oxygens (including phenoxy) is 3. The second-order valence-corrected chi connectivity index (χ2v) is 14.9. The third-order valence-electron chi connectivity index (χ3n) is 9.51. The summed E-state index contributed by atoms with van der Waals surface area (Å²) in [6.07, 6.45) is 52.4. The van der Waals surface area contributed by atoms with Crippen LogP contribution >= 0.6 is 0 Å². The number of esters is 3. The molecule has 0 fully saturated rings. The fraction of sp³-hybridized carbons (Fsp3) is 0.735. The lowest BCUT2D eigenvalue weighted by Crippen LogP contribution is -2.30. The van der Waals surface area contributed by atoms with Gasteiger partial charge in [-0.15, -0.1) is 0 Å². The summed E-state index contributed by atoms with van der Waals surface area (Å²) in [5.41, 5.74) is 0. The molecule has 0 aliphatic rings. The van der Waals surface area contributed by atoms with Gasteiger partial charge in [0.15, 0.2) is 6.10 Å². The van der Waals surface area contributed by atoms with Gasteiger partial charge in [-0.2, -0.15) is 0 Å². The van der Waals surface area contributed by atoms with E-state index in [0.29, 0.717) is 19.3 Å². The fourth-order valence-electron chi connectivity index (χ4n) is 6.07. The van der Waals surface area contributed by atoms with Crippen LogP contribution in [-0.4, -0.2) is 37.2 Å². The van der Waals surface area contributed by atoms with Crippen molar-refractivity contribution in [2.75, 3.05) is 13.2 Å². The average Bonchev–Trinajstić information content (AvgIpc) is 3.18. The molecule has 1 atom stereocenters. The van der Waals surface area contributed by atoms with Gasteiger partial charge in [-0.25, -0.2) is 0 Å². The van der Waals surface area contributed by atoms with E-state index in [0.717, 1.165) is 96.3 Å². The first-order chi connectivity index (χ1) is 27.0. The second kappa shape index (κ2) is 43.8. The van der Waals surface area contributed by atoms with Crippen LogP contribution in [0.4, 0.5) is 0 Å². The minimum atomic E-state index is -0.785. The van der Waals surface area contributed by atoms with Crippen LogP contribution in [0.15, 0.2) is 60.8 Å². The molecule has 0 aliphatic heterocycles. The highest BCUT2D eigenvalue weighted by atomic mass is 16.6. The molecule has 6 nitrogen and oxygen atoms in total. The van der Waals surface area contributed by atoms with E-state index in [1.54, 1.807) is 0 Å². The third kappa shape index (κ3) is 42.1. The average molecular weight is 769 g/mol. The lowest BCUT2D eigenvalue weighted by molar-refractivity contribution is -0.167. The zero-order valence-corrected chi connectivity index (χ0v) is 35.9. The van der Waals surface area contributed by atoms with Crippen molar-refractivity contribution >= 4 is 17.9 Å². The van der Waals surface area contributed by atoms with Crippen molar-refractivity contribution in [2.45, 2.75) is 219 Å². The van der Waals surface area contributed by atoms with Crippen molar-refractivity contribution in [3.8, 4) is 0 Å². The molecule has 55 heavy (non-hydrogen) atoms. The van der Waals surface area contributed by atoms with E-state index in [2.05, 4.69) is 81.5 Å². The number of allylic oxidation sites excluding steroid dienone is 10. The third-order valence-corrected chi connectivity index (χ3v) is 9.51. The number of hydrogen-bond acceptors (Lipinski definition) is 6. The molecule has 0 bridgehead atoms. The molecule has 0 aromatic rings. The zero-order valence-electron chi connectivity index (χ0n) is 35.9. The molecule has 0 aromatic carbocycles. The van der Waals surface area contributed by atoms with E-state index in [4.69, 9.17) is 14.2 Å². The van der Waals surface area contributed by atoms with Gasteiger partial charge < -0.3 is 14.2 Å². The van der Waals surface area contributed by atoms with Gasteiger partial charge in [0.1, 0.15) is 13.2 Å². The summed E-state index contributed by atoms with van der Waals surface area (Å²) in [7, 11) is 0. The maximum absolute atomic E-state index is 12.6. The van der Waals surface area contributed by atoms with Gasteiger partial charge in [-0.05, 0) is 83.5 Å². The number of rotatable bonds is 40. The molecule has 0 saturated heterocycles. The summed E-state index contributed by atoms with van der Waals surface area (Å²) in [4.78, 5) is 37.5. The Balaban J connectivity index is 4.23. The summed E-state index contributed by atoms with van der Waals surface area (Å²) >= 11 is 0. The summed E-state index contributed by atoms with van der Waals surface area (Å²) in [6.45, 7) is 6.37. The van der Waals surface area contributed by atoms with E-state index in [1.165, 1.54) is 77.0 Å². The van der Waals surface area contributed by atoms with Gasteiger partial charge in [0.2, 0.25) is 0 Å². The van der Waals surface area contributed by atoms with Crippen LogP contribution in [0.3, 0.4) is 0 Å². The molecular weight excluding hydrogens is 685 g/mol. The maximum Gasteiger partial charge on any atom is 0.306 e. The Morgan fingerprint density at radius 3 is 1.16 bits per heavy atom. The number of carbonyl (C=O) groups is 3. The van der Waals surface area contributed by atoms with Crippen LogP contribution in [0.1, 0.15) is 213 Å². The van der Waals surface area contributed by atoms with Gasteiger partial charge in [0.05, 0.1) is 0 Å².